The highest BCUT2D eigenvalue weighted by atomic mass is 35.5. The zero-order chi connectivity index (χ0) is 12.8. The summed E-state index contributed by atoms with van der Waals surface area (Å²) in [5, 5.41) is 0. The van der Waals surface area contributed by atoms with Gasteiger partial charge in [-0.1, -0.05) is 36.4 Å². The minimum atomic E-state index is 0.468. The minimum Gasteiger partial charge on any atom is -0.493 e. The molecule has 2 aromatic rings. The molecule has 94 valence electrons. The quantitative estimate of drug-likeness (QED) is 0.758. The van der Waals surface area contributed by atoms with Crippen LogP contribution in [-0.4, -0.2) is 7.11 Å². The van der Waals surface area contributed by atoms with Crippen LogP contribution in [0.3, 0.4) is 0 Å². The summed E-state index contributed by atoms with van der Waals surface area (Å²) in [4.78, 5) is 0. The lowest BCUT2D eigenvalue weighted by Gasteiger charge is -2.11. The zero-order valence-corrected chi connectivity index (χ0v) is 11.0. The Morgan fingerprint density at radius 2 is 1.72 bits per heavy atom. The van der Waals surface area contributed by atoms with Gasteiger partial charge in [0.2, 0.25) is 0 Å². The number of halogens is 1. The third kappa shape index (κ3) is 3.17. The van der Waals surface area contributed by atoms with Crippen molar-refractivity contribution in [2.75, 3.05) is 7.11 Å². The van der Waals surface area contributed by atoms with Crippen LogP contribution in [0.4, 0.5) is 0 Å². The van der Waals surface area contributed by atoms with Crippen molar-refractivity contribution >= 4 is 11.6 Å². The molecular formula is C15H15ClO2. The average Bonchev–Trinajstić information content (AvgIpc) is 2.46. The highest BCUT2D eigenvalue weighted by Gasteiger charge is 2.05. The Bertz CT molecular complexity index is 497. The molecule has 2 rings (SSSR count). The van der Waals surface area contributed by atoms with Gasteiger partial charge in [0.1, 0.15) is 6.61 Å². The Balaban J connectivity index is 2.09. The maximum absolute atomic E-state index is 5.78. The van der Waals surface area contributed by atoms with E-state index in [1.165, 1.54) is 0 Å². The van der Waals surface area contributed by atoms with Crippen molar-refractivity contribution in [3.05, 3.63) is 59.7 Å². The van der Waals surface area contributed by atoms with E-state index in [2.05, 4.69) is 0 Å². The molecule has 0 unspecified atom stereocenters. The van der Waals surface area contributed by atoms with Gasteiger partial charge in [0.25, 0.3) is 0 Å². The van der Waals surface area contributed by atoms with E-state index in [0.29, 0.717) is 18.2 Å². The monoisotopic (exact) mass is 262 g/mol. The van der Waals surface area contributed by atoms with Crippen molar-refractivity contribution < 1.29 is 9.47 Å². The van der Waals surface area contributed by atoms with Gasteiger partial charge in [-0.05, 0) is 23.3 Å². The minimum absolute atomic E-state index is 0.468. The lowest BCUT2D eigenvalue weighted by molar-refractivity contribution is 0.284. The summed E-state index contributed by atoms with van der Waals surface area (Å²) in [5.41, 5.74) is 2.14. The van der Waals surface area contributed by atoms with Gasteiger partial charge >= 0.3 is 0 Å². The molecule has 0 saturated heterocycles. The fraction of sp³-hybridized carbons (Fsp3) is 0.200. The Morgan fingerprint density at radius 3 is 2.39 bits per heavy atom. The summed E-state index contributed by atoms with van der Waals surface area (Å²) >= 11 is 5.78. The lowest BCUT2D eigenvalue weighted by atomic mass is 10.2. The van der Waals surface area contributed by atoms with Crippen molar-refractivity contribution in [1.82, 2.24) is 0 Å². The largest absolute Gasteiger partial charge is 0.493 e. The fourth-order valence-electron chi connectivity index (χ4n) is 1.65. The third-order valence-corrected chi connectivity index (χ3v) is 2.93. The Hall–Kier alpha value is -1.67. The first-order valence-electron chi connectivity index (χ1n) is 5.73. The van der Waals surface area contributed by atoms with Crippen LogP contribution in [0.5, 0.6) is 11.5 Å². The molecule has 0 fully saturated rings. The van der Waals surface area contributed by atoms with Crippen LogP contribution in [0.1, 0.15) is 11.1 Å². The normalized spacial score (nSPS) is 10.1. The molecule has 2 nitrogen and oxygen atoms in total. The van der Waals surface area contributed by atoms with Crippen LogP contribution in [0.15, 0.2) is 48.5 Å². The number of methoxy groups -OCH3 is 1. The second kappa shape index (κ2) is 6.31. The summed E-state index contributed by atoms with van der Waals surface area (Å²) < 4.78 is 11.0. The molecule has 0 heterocycles. The first-order chi connectivity index (χ1) is 8.83. The number of hydrogen-bond donors (Lipinski definition) is 0. The van der Waals surface area contributed by atoms with Crippen molar-refractivity contribution in [3.8, 4) is 11.5 Å². The van der Waals surface area contributed by atoms with Crippen LogP contribution in [0.25, 0.3) is 0 Å². The van der Waals surface area contributed by atoms with E-state index in [-0.39, 0.29) is 0 Å². The van der Waals surface area contributed by atoms with E-state index in [0.717, 1.165) is 16.9 Å². The molecule has 18 heavy (non-hydrogen) atoms. The Kier molecular flexibility index (Phi) is 4.48. The molecule has 0 atom stereocenters. The zero-order valence-electron chi connectivity index (χ0n) is 10.2. The standard InChI is InChI=1S/C15H15ClO2/c1-17-15-9-13(10-16)7-8-14(15)18-11-12-5-3-2-4-6-12/h2-9H,10-11H2,1H3. The molecule has 0 amide bonds. The van der Waals surface area contributed by atoms with Gasteiger partial charge in [-0.3, -0.25) is 0 Å². The van der Waals surface area contributed by atoms with Gasteiger partial charge in [0, 0.05) is 5.88 Å². The first-order valence-corrected chi connectivity index (χ1v) is 6.26. The number of alkyl halides is 1. The van der Waals surface area contributed by atoms with Gasteiger partial charge in [0.15, 0.2) is 11.5 Å². The molecule has 2 aromatic carbocycles. The third-order valence-electron chi connectivity index (χ3n) is 2.62. The summed E-state index contributed by atoms with van der Waals surface area (Å²) in [5.74, 6) is 1.91. The van der Waals surface area contributed by atoms with Gasteiger partial charge in [-0.15, -0.1) is 11.6 Å². The Labute approximate surface area is 112 Å². The molecule has 0 aliphatic carbocycles. The van der Waals surface area contributed by atoms with Crippen LogP contribution in [0.2, 0.25) is 0 Å². The van der Waals surface area contributed by atoms with Gasteiger partial charge < -0.3 is 9.47 Å². The van der Waals surface area contributed by atoms with Crippen LogP contribution in [-0.2, 0) is 12.5 Å². The van der Waals surface area contributed by atoms with E-state index in [1.807, 2.05) is 48.5 Å². The van der Waals surface area contributed by atoms with Gasteiger partial charge in [0.05, 0.1) is 7.11 Å². The van der Waals surface area contributed by atoms with Gasteiger partial charge in [-0.2, -0.15) is 0 Å². The SMILES string of the molecule is COc1cc(CCl)ccc1OCc1ccccc1. The highest BCUT2D eigenvalue weighted by molar-refractivity contribution is 6.17. The average molecular weight is 263 g/mol. The number of ether oxygens (including phenoxy) is 2. The van der Waals surface area contributed by atoms with Crippen molar-refractivity contribution in [2.45, 2.75) is 12.5 Å². The fourth-order valence-corrected chi connectivity index (χ4v) is 1.82. The number of benzene rings is 2. The second-order valence-electron chi connectivity index (χ2n) is 3.89. The smallest absolute Gasteiger partial charge is 0.161 e. The Morgan fingerprint density at radius 1 is 0.944 bits per heavy atom. The summed E-state index contributed by atoms with van der Waals surface area (Å²) in [6, 6.07) is 15.8. The molecule has 0 aliphatic rings. The van der Waals surface area contributed by atoms with Crippen LogP contribution in [0, 0.1) is 0 Å². The first kappa shape index (κ1) is 12.8. The van der Waals surface area contributed by atoms with E-state index in [1.54, 1.807) is 7.11 Å². The van der Waals surface area contributed by atoms with E-state index in [9.17, 15) is 0 Å². The van der Waals surface area contributed by atoms with Crippen molar-refractivity contribution in [3.63, 3.8) is 0 Å². The maximum Gasteiger partial charge on any atom is 0.161 e. The molecule has 0 aromatic heterocycles. The maximum atomic E-state index is 5.78. The summed E-state index contributed by atoms with van der Waals surface area (Å²) in [6.07, 6.45) is 0. The summed E-state index contributed by atoms with van der Waals surface area (Å²) in [6.45, 7) is 0.525. The molecule has 0 saturated carbocycles. The van der Waals surface area contributed by atoms with Crippen LogP contribution >= 0.6 is 11.6 Å². The lowest BCUT2D eigenvalue weighted by Crippen LogP contribution is -1.98. The molecular weight excluding hydrogens is 248 g/mol. The highest BCUT2D eigenvalue weighted by Crippen LogP contribution is 2.29. The molecule has 0 bridgehead atoms. The van der Waals surface area contributed by atoms with Crippen molar-refractivity contribution in [2.24, 2.45) is 0 Å². The molecule has 3 heteroatoms. The summed E-state index contributed by atoms with van der Waals surface area (Å²) in [7, 11) is 1.63. The molecule has 0 spiro atoms. The molecule has 0 aliphatic heterocycles. The second-order valence-corrected chi connectivity index (χ2v) is 4.16. The van der Waals surface area contributed by atoms with E-state index in [4.69, 9.17) is 21.1 Å². The number of hydrogen-bond acceptors (Lipinski definition) is 2. The van der Waals surface area contributed by atoms with Crippen molar-refractivity contribution in [1.29, 1.82) is 0 Å². The number of rotatable bonds is 5. The predicted molar refractivity (Wildman–Crippen MR) is 73.3 cm³/mol. The van der Waals surface area contributed by atoms with Gasteiger partial charge in [-0.25, -0.2) is 0 Å². The predicted octanol–water partition coefficient (Wildman–Crippen LogP) is 4.01. The molecule has 0 radical (unpaired) electrons. The topological polar surface area (TPSA) is 18.5 Å². The van der Waals surface area contributed by atoms with E-state index < -0.39 is 0 Å². The van der Waals surface area contributed by atoms with Crippen LogP contribution < -0.4 is 9.47 Å². The van der Waals surface area contributed by atoms with E-state index >= 15 is 0 Å². The molecule has 0 N–H and O–H groups in total.